The number of nitrogens with zero attached hydrogens (tertiary/aromatic N) is 6. The van der Waals surface area contributed by atoms with Gasteiger partial charge in [0.25, 0.3) is 0 Å². The highest BCUT2D eigenvalue weighted by Crippen LogP contribution is 2.42. The lowest BCUT2D eigenvalue weighted by atomic mass is 9.90. The molecule has 0 fully saturated rings. The summed E-state index contributed by atoms with van der Waals surface area (Å²) in [5.41, 5.74) is 15.0. The van der Waals surface area contributed by atoms with E-state index < -0.39 is 0 Å². The van der Waals surface area contributed by atoms with Gasteiger partial charge in [-0.2, -0.15) is 0 Å². The highest BCUT2D eigenvalue weighted by Gasteiger charge is 2.23. The predicted molar refractivity (Wildman–Crippen MR) is 256 cm³/mol. The predicted octanol–water partition coefficient (Wildman–Crippen LogP) is 14.0. The first-order chi connectivity index (χ1) is 30.0. The molecule has 2 aromatic heterocycles. The highest BCUT2D eigenvalue weighted by molar-refractivity contribution is 6.23. The van der Waals surface area contributed by atoms with Crippen molar-refractivity contribution in [1.29, 1.82) is 0 Å². The Hall–Kier alpha value is -7.44. The number of benzene rings is 8. The Labute approximate surface area is 362 Å². The van der Waals surface area contributed by atoms with Crippen LogP contribution >= 0.6 is 0 Å². The Bertz CT molecular complexity index is 3010. The van der Waals surface area contributed by atoms with E-state index in [1.54, 1.807) is 0 Å². The van der Waals surface area contributed by atoms with Crippen LogP contribution in [0, 0.1) is 55.4 Å². The zero-order valence-corrected chi connectivity index (χ0v) is 36.4. The SMILES string of the molecule is Cc1cccc(C)c1-c1nc(-c2c(C)cccc2C)nc(-c2cc3c4ccccc4c(-c4nc(-c5c(C)cccc5C)nc(-c5c(C)cccc5C)n4)cc3c3ccccc23)n1. The van der Waals surface area contributed by atoms with Crippen LogP contribution in [0.4, 0.5) is 0 Å². The quantitative estimate of drug-likeness (QED) is 0.156. The van der Waals surface area contributed by atoms with Crippen molar-refractivity contribution in [2.75, 3.05) is 0 Å². The number of hydrogen-bond donors (Lipinski definition) is 0. The van der Waals surface area contributed by atoms with Gasteiger partial charge in [-0.1, -0.05) is 121 Å². The van der Waals surface area contributed by atoms with Crippen molar-refractivity contribution in [2.45, 2.75) is 55.4 Å². The Morgan fingerprint density at radius 2 is 0.452 bits per heavy atom. The number of fused-ring (bicyclic) bond motifs is 5. The normalized spacial score (nSPS) is 11.5. The smallest absolute Gasteiger partial charge is 0.164 e. The molecule has 6 heteroatoms. The molecule has 0 aliphatic rings. The van der Waals surface area contributed by atoms with E-state index in [0.717, 1.165) is 110 Å². The van der Waals surface area contributed by atoms with Crippen molar-refractivity contribution >= 4 is 32.3 Å². The molecule has 0 aliphatic carbocycles. The first-order valence-corrected chi connectivity index (χ1v) is 21.2. The third-order valence-corrected chi connectivity index (χ3v) is 12.5. The lowest BCUT2D eigenvalue weighted by Gasteiger charge is -2.18. The van der Waals surface area contributed by atoms with E-state index in [9.17, 15) is 0 Å². The van der Waals surface area contributed by atoms with E-state index in [1.807, 2.05) is 0 Å². The first-order valence-electron chi connectivity index (χ1n) is 21.2. The molecule has 0 unspecified atom stereocenters. The highest BCUT2D eigenvalue weighted by atomic mass is 15.0. The van der Waals surface area contributed by atoms with Crippen LogP contribution in [0.25, 0.3) is 101 Å². The zero-order chi connectivity index (χ0) is 42.8. The summed E-state index contributed by atoms with van der Waals surface area (Å²) in [6.07, 6.45) is 0. The topological polar surface area (TPSA) is 77.3 Å². The van der Waals surface area contributed by atoms with Crippen LogP contribution in [0.1, 0.15) is 44.5 Å². The fourth-order valence-electron chi connectivity index (χ4n) is 9.43. The molecule has 0 atom stereocenters. The Morgan fingerprint density at radius 1 is 0.226 bits per heavy atom. The van der Waals surface area contributed by atoms with Crippen molar-refractivity contribution in [1.82, 2.24) is 29.9 Å². The van der Waals surface area contributed by atoms with Gasteiger partial charge in [0.2, 0.25) is 0 Å². The van der Waals surface area contributed by atoms with Crippen LogP contribution in [0.3, 0.4) is 0 Å². The minimum absolute atomic E-state index is 0.635. The van der Waals surface area contributed by atoms with Gasteiger partial charge < -0.3 is 0 Å². The molecule has 6 nitrogen and oxygen atoms in total. The van der Waals surface area contributed by atoms with Crippen molar-refractivity contribution in [3.05, 3.63) is 178 Å². The van der Waals surface area contributed by atoms with Gasteiger partial charge in [0.05, 0.1) is 0 Å². The van der Waals surface area contributed by atoms with Gasteiger partial charge in [0.1, 0.15) is 0 Å². The molecule has 0 radical (unpaired) electrons. The van der Waals surface area contributed by atoms with E-state index in [0.29, 0.717) is 34.9 Å². The molecule has 0 aliphatic heterocycles. The molecule has 0 amide bonds. The molecule has 300 valence electrons. The van der Waals surface area contributed by atoms with Crippen molar-refractivity contribution in [3.8, 4) is 68.3 Å². The third kappa shape index (κ3) is 6.51. The summed E-state index contributed by atoms with van der Waals surface area (Å²) in [5.74, 6) is 3.94. The Kier molecular flexibility index (Phi) is 9.52. The largest absolute Gasteiger partial charge is 0.208 e. The summed E-state index contributed by atoms with van der Waals surface area (Å²) in [6, 6.07) is 47.1. The summed E-state index contributed by atoms with van der Waals surface area (Å²) in [6.45, 7) is 17.0. The molecule has 10 rings (SSSR count). The number of rotatable bonds is 6. The standard InChI is InChI=1S/C56H46N6/c1-31-17-13-18-32(2)47(31)53-57-51(58-54(61-53)48-33(3)19-14-20-34(48)4)45-29-43-40-26-10-12-28-42(40)46(30-44(43)39-25-9-11-27-41(39)45)52-59-55(49-35(5)21-15-22-36(49)6)62-56(60-52)50-37(7)23-16-24-38(50)8/h9-30H,1-8H3. The molecular formula is C56H46N6. The van der Waals surface area contributed by atoms with Gasteiger partial charge in [0, 0.05) is 33.4 Å². The van der Waals surface area contributed by atoms with E-state index in [-0.39, 0.29) is 0 Å². The van der Waals surface area contributed by atoms with Crippen LogP contribution in [0.15, 0.2) is 133 Å². The molecule has 8 aromatic carbocycles. The number of aromatic nitrogens is 6. The maximum absolute atomic E-state index is 5.34. The van der Waals surface area contributed by atoms with Crippen LogP contribution in [0.2, 0.25) is 0 Å². The molecule has 0 saturated heterocycles. The first kappa shape index (κ1) is 38.7. The summed E-state index contributed by atoms with van der Waals surface area (Å²) < 4.78 is 0. The van der Waals surface area contributed by atoms with Crippen LogP contribution in [-0.4, -0.2) is 29.9 Å². The second kappa shape index (κ2) is 15.2. The van der Waals surface area contributed by atoms with E-state index in [1.165, 1.54) is 0 Å². The summed E-state index contributed by atoms with van der Waals surface area (Å²) in [4.78, 5) is 31.8. The molecule has 2 heterocycles. The number of hydrogen-bond acceptors (Lipinski definition) is 6. The van der Waals surface area contributed by atoms with Gasteiger partial charge in [-0.25, -0.2) is 29.9 Å². The van der Waals surface area contributed by atoms with Crippen molar-refractivity contribution < 1.29 is 0 Å². The van der Waals surface area contributed by atoms with E-state index >= 15 is 0 Å². The van der Waals surface area contributed by atoms with E-state index in [4.69, 9.17) is 29.9 Å². The molecule has 10 aromatic rings. The number of aryl methyl sites for hydroxylation is 8. The average molecular weight is 803 g/mol. The fraction of sp³-hybridized carbons (Fsp3) is 0.143. The maximum atomic E-state index is 5.34. The van der Waals surface area contributed by atoms with Crippen LogP contribution in [0.5, 0.6) is 0 Å². The third-order valence-electron chi connectivity index (χ3n) is 12.5. The summed E-state index contributed by atoms with van der Waals surface area (Å²) in [7, 11) is 0. The van der Waals surface area contributed by atoms with Crippen LogP contribution < -0.4 is 0 Å². The monoisotopic (exact) mass is 802 g/mol. The molecule has 0 bridgehead atoms. The minimum atomic E-state index is 0.635. The van der Waals surface area contributed by atoms with E-state index in [2.05, 4.69) is 189 Å². The Balaban J connectivity index is 1.28. The lowest BCUT2D eigenvalue weighted by molar-refractivity contribution is 1.06. The lowest BCUT2D eigenvalue weighted by Crippen LogP contribution is -2.04. The summed E-state index contributed by atoms with van der Waals surface area (Å²) >= 11 is 0. The van der Waals surface area contributed by atoms with Gasteiger partial charge in [0.15, 0.2) is 34.9 Å². The zero-order valence-electron chi connectivity index (χ0n) is 36.4. The fourth-order valence-corrected chi connectivity index (χ4v) is 9.43. The molecular weight excluding hydrogens is 757 g/mol. The van der Waals surface area contributed by atoms with Gasteiger partial charge in [-0.05, 0) is 144 Å². The van der Waals surface area contributed by atoms with Crippen molar-refractivity contribution in [3.63, 3.8) is 0 Å². The molecule has 0 N–H and O–H groups in total. The molecule has 0 spiro atoms. The molecule has 0 saturated carbocycles. The Morgan fingerprint density at radius 3 is 0.710 bits per heavy atom. The average Bonchev–Trinajstić information content (AvgIpc) is 3.25. The molecule has 62 heavy (non-hydrogen) atoms. The van der Waals surface area contributed by atoms with Crippen LogP contribution in [-0.2, 0) is 0 Å². The van der Waals surface area contributed by atoms with Gasteiger partial charge >= 0.3 is 0 Å². The van der Waals surface area contributed by atoms with Gasteiger partial charge in [-0.15, -0.1) is 0 Å². The van der Waals surface area contributed by atoms with Gasteiger partial charge in [-0.3, -0.25) is 0 Å². The minimum Gasteiger partial charge on any atom is -0.208 e. The second-order valence-electron chi connectivity index (χ2n) is 16.7. The maximum Gasteiger partial charge on any atom is 0.164 e. The summed E-state index contributed by atoms with van der Waals surface area (Å²) in [5, 5.41) is 6.48. The second-order valence-corrected chi connectivity index (χ2v) is 16.7. The van der Waals surface area contributed by atoms with Crippen molar-refractivity contribution in [2.24, 2.45) is 0 Å².